The number of hydrogen-bond acceptors (Lipinski definition) is 2. The van der Waals surface area contributed by atoms with Crippen LogP contribution >= 0.6 is 15.9 Å². The van der Waals surface area contributed by atoms with E-state index in [1.807, 2.05) is 24.3 Å². The van der Waals surface area contributed by atoms with Crippen LogP contribution in [0.2, 0.25) is 0 Å². The predicted octanol–water partition coefficient (Wildman–Crippen LogP) is 4.24. The Labute approximate surface area is 105 Å². The summed E-state index contributed by atoms with van der Waals surface area (Å²) in [6.45, 7) is 3.58. The summed E-state index contributed by atoms with van der Waals surface area (Å²) in [5.74, 6) is -0.225. The van der Waals surface area contributed by atoms with Gasteiger partial charge in [-0.3, -0.25) is 4.79 Å². The fourth-order valence-corrected chi connectivity index (χ4v) is 2.14. The molecule has 0 radical (unpaired) electrons. The molecule has 0 unspecified atom stereocenters. The first-order valence-corrected chi connectivity index (χ1v) is 6.36. The highest BCUT2D eigenvalue weighted by Crippen LogP contribution is 2.29. The Morgan fingerprint density at radius 1 is 1.44 bits per heavy atom. The van der Waals surface area contributed by atoms with Gasteiger partial charge in [0, 0.05) is 17.0 Å². The van der Waals surface area contributed by atoms with Gasteiger partial charge in [-0.2, -0.15) is 0 Å². The zero-order chi connectivity index (χ0) is 12.0. The molecule has 1 aromatic rings. The molecule has 0 N–H and O–H groups in total. The Morgan fingerprint density at radius 3 is 2.69 bits per heavy atom. The lowest BCUT2D eigenvalue weighted by molar-refractivity contribution is -0.147. The van der Waals surface area contributed by atoms with Gasteiger partial charge in [-0.1, -0.05) is 47.5 Å². The summed E-state index contributed by atoms with van der Waals surface area (Å²) >= 11 is 3.49. The number of carbonyl (C=O) groups excluding carboxylic acids is 1. The average molecular weight is 285 g/mol. The molecule has 0 aliphatic heterocycles. The van der Waals surface area contributed by atoms with Crippen molar-refractivity contribution >= 4 is 21.9 Å². The van der Waals surface area contributed by atoms with Crippen LogP contribution in [-0.2, 0) is 9.53 Å². The molecule has 0 saturated heterocycles. The van der Waals surface area contributed by atoms with Crippen molar-refractivity contribution in [1.29, 1.82) is 0 Å². The zero-order valence-electron chi connectivity index (χ0n) is 9.70. The van der Waals surface area contributed by atoms with Gasteiger partial charge in [0.25, 0.3) is 0 Å². The summed E-state index contributed by atoms with van der Waals surface area (Å²) in [6.07, 6.45) is 2.90. The number of esters is 1. The average Bonchev–Trinajstić information content (AvgIpc) is 2.24. The topological polar surface area (TPSA) is 26.3 Å². The van der Waals surface area contributed by atoms with Gasteiger partial charge in [-0.15, -0.1) is 0 Å². The number of ether oxygens (including phenoxy) is 1. The minimum Gasteiger partial charge on any atom is -0.458 e. The lowest BCUT2D eigenvalue weighted by atomic mass is 10.0. The second-order valence-electron chi connectivity index (χ2n) is 3.76. The number of hydrogen-bond donors (Lipinski definition) is 0. The van der Waals surface area contributed by atoms with E-state index in [9.17, 15) is 4.79 Å². The van der Waals surface area contributed by atoms with Crippen molar-refractivity contribution in [2.75, 3.05) is 0 Å². The molecule has 0 spiro atoms. The van der Waals surface area contributed by atoms with Gasteiger partial charge < -0.3 is 4.74 Å². The number of carbonyl (C=O) groups is 1. The molecule has 0 aliphatic rings. The van der Waals surface area contributed by atoms with Crippen molar-refractivity contribution in [3.05, 3.63) is 34.3 Å². The highest BCUT2D eigenvalue weighted by Gasteiger charge is 2.16. The maximum Gasteiger partial charge on any atom is 0.303 e. The van der Waals surface area contributed by atoms with Crippen LogP contribution in [0.4, 0.5) is 0 Å². The van der Waals surface area contributed by atoms with Crippen molar-refractivity contribution in [3.63, 3.8) is 0 Å². The van der Waals surface area contributed by atoms with E-state index in [2.05, 4.69) is 22.9 Å². The summed E-state index contributed by atoms with van der Waals surface area (Å²) in [5, 5.41) is 0. The van der Waals surface area contributed by atoms with E-state index in [-0.39, 0.29) is 12.1 Å². The second-order valence-corrected chi connectivity index (χ2v) is 4.62. The molecule has 1 aromatic carbocycles. The van der Waals surface area contributed by atoms with E-state index < -0.39 is 0 Å². The molecule has 0 aromatic heterocycles. The summed E-state index contributed by atoms with van der Waals surface area (Å²) in [5.41, 5.74) is 1.05. The molecule has 16 heavy (non-hydrogen) atoms. The smallest absolute Gasteiger partial charge is 0.303 e. The van der Waals surface area contributed by atoms with E-state index in [0.717, 1.165) is 29.3 Å². The molecule has 0 saturated carbocycles. The Morgan fingerprint density at radius 2 is 2.12 bits per heavy atom. The fraction of sp³-hybridized carbons (Fsp3) is 0.462. The van der Waals surface area contributed by atoms with Crippen molar-refractivity contribution in [1.82, 2.24) is 0 Å². The van der Waals surface area contributed by atoms with Gasteiger partial charge in [0.1, 0.15) is 6.10 Å². The SMILES string of the molecule is CCCC[C@H](OC(C)=O)c1ccccc1Br. The van der Waals surface area contributed by atoms with Gasteiger partial charge in [-0.05, 0) is 18.9 Å². The van der Waals surface area contributed by atoms with Gasteiger partial charge in [0.05, 0.1) is 0 Å². The first-order valence-electron chi connectivity index (χ1n) is 5.56. The minimum absolute atomic E-state index is 0.131. The third-order valence-electron chi connectivity index (χ3n) is 2.38. The molecule has 0 fully saturated rings. The van der Waals surface area contributed by atoms with Crippen LogP contribution in [0.3, 0.4) is 0 Å². The molecule has 2 nitrogen and oxygen atoms in total. The molecular formula is C13H17BrO2. The maximum absolute atomic E-state index is 11.1. The third kappa shape index (κ3) is 3.97. The van der Waals surface area contributed by atoms with E-state index in [4.69, 9.17) is 4.74 Å². The maximum atomic E-state index is 11.1. The number of rotatable bonds is 5. The predicted molar refractivity (Wildman–Crippen MR) is 68.2 cm³/mol. The van der Waals surface area contributed by atoms with Crippen LogP contribution in [0.1, 0.15) is 44.8 Å². The molecule has 0 bridgehead atoms. The second kappa shape index (κ2) is 6.69. The third-order valence-corrected chi connectivity index (χ3v) is 3.10. The number of halogens is 1. The van der Waals surface area contributed by atoms with Gasteiger partial charge >= 0.3 is 5.97 Å². The molecule has 0 heterocycles. The van der Waals surface area contributed by atoms with Crippen molar-refractivity contribution in [2.45, 2.75) is 39.2 Å². The minimum atomic E-state index is -0.225. The van der Waals surface area contributed by atoms with E-state index in [0.29, 0.717) is 0 Å². The van der Waals surface area contributed by atoms with Crippen LogP contribution < -0.4 is 0 Å². The summed E-state index contributed by atoms with van der Waals surface area (Å²) < 4.78 is 6.35. The highest BCUT2D eigenvalue weighted by molar-refractivity contribution is 9.10. The monoisotopic (exact) mass is 284 g/mol. The normalized spacial score (nSPS) is 12.2. The molecule has 3 heteroatoms. The molecule has 88 valence electrons. The summed E-state index contributed by atoms with van der Waals surface area (Å²) in [4.78, 5) is 11.1. The van der Waals surface area contributed by atoms with Crippen LogP contribution in [-0.4, -0.2) is 5.97 Å². The van der Waals surface area contributed by atoms with Crippen LogP contribution in [0.5, 0.6) is 0 Å². The van der Waals surface area contributed by atoms with E-state index in [1.54, 1.807) is 0 Å². The first-order chi connectivity index (χ1) is 7.65. The lowest BCUT2D eigenvalue weighted by Gasteiger charge is -2.18. The molecule has 0 aliphatic carbocycles. The Hall–Kier alpha value is -0.830. The van der Waals surface area contributed by atoms with Crippen molar-refractivity contribution < 1.29 is 9.53 Å². The molecule has 1 rings (SSSR count). The molecule has 0 amide bonds. The lowest BCUT2D eigenvalue weighted by Crippen LogP contribution is -2.09. The standard InChI is InChI=1S/C13H17BrO2/c1-3-4-9-13(16-10(2)15)11-7-5-6-8-12(11)14/h5-8,13H,3-4,9H2,1-2H3/t13-/m0/s1. The van der Waals surface area contributed by atoms with Crippen molar-refractivity contribution in [3.8, 4) is 0 Å². The Balaban J connectivity index is 2.82. The number of benzene rings is 1. The van der Waals surface area contributed by atoms with Gasteiger partial charge in [0.2, 0.25) is 0 Å². The van der Waals surface area contributed by atoms with Crippen LogP contribution in [0, 0.1) is 0 Å². The van der Waals surface area contributed by atoms with Gasteiger partial charge in [0.15, 0.2) is 0 Å². The largest absolute Gasteiger partial charge is 0.458 e. The number of unbranched alkanes of at least 4 members (excludes halogenated alkanes) is 1. The van der Waals surface area contributed by atoms with Crippen molar-refractivity contribution in [2.24, 2.45) is 0 Å². The quantitative estimate of drug-likeness (QED) is 0.756. The molecular weight excluding hydrogens is 268 g/mol. The van der Waals surface area contributed by atoms with E-state index in [1.165, 1.54) is 6.92 Å². The van der Waals surface area contributed by atoms with E-state index >= 15 is 0 Å². The van der Waals surface area contributed by atoms with Gasteiger partial charge in [-0.25, -0.2) is 0 Å². The Kier molecular flexibility index (Phi) is 5.53. The van der Waals surface area contributed by atoms with Crippen LogP contribution in [0.15, 0.2) is 28.7 Å². The highest BCUT2D eigenvalue weighted by atomic mass is 79.9. The molecule has 1 atom stereocenters. The van der Waals surface area contributed by atoms with Crippen LogP contribution in [0.25, 0.3) is 0 Å². The first kappa shape index (κ1) is 13.2. The zero-order valence-corrected chi connectivity index (χ0v) is 11.3. The summed E-state index contributed by atoms with van der Waals surface area (Å²) in [6, 6.07) is 7.88. The Bertz CT molecular complexity index is 350. The fourth-order valence-electron chi connectivity index (χ4n) is 1.60. The summed E-state index contributed by atoms with van der Waals surface area (Å²) in [7, 11) is 0.